The minimum absolute atomic E-state index is 0.0599. The largest absolute Gasteiger partial charge is 0.482 e. The van der Waals surface area contributed by atoms with Crippen molar-refractivity contribution in [2.45, 2.75) is 6.42 Å². The summed E-state index contributed by atoms with van der Waals surface area (Å²) in [6.07, 6.45) is -0.0599. The van der Waals surface area contributed by atoms with Gasteiger partial charge in [0.2, 0.25) is 0 Å². The number of ether oxygens (including phenoxy) is 2. The summed E-state index contributed by atoms with van der Waals surface area (Å²) >= 11 is 3.13. The van der Waals surface area contributed by atoms with Crippen LogP contribution >= 0.6 is 15.9 Å². The van der Waals surface area contributed by atoms with Gasteiger partial charge in [-0.2, -0.15) is 0 Å². The van der Waals surface area contributed by atoms with Gasteiger partial charge in [0, 0.05) is 11.0 Å². The van der Waals surface area contributed by atoms with Crippen molar-refractivity contribution < 1.29 is 23.5 Å². The fourth-order valence-electron chi connectivity index (χ4n) is 2.33. The fourth-order valence-corrected chi connectivity index (χ4v) is 2.67. The molecule has 0 saturated heterocycles. The topological polar surface area (TPSA) is 55.8 Å². The van der Waals surface area contributed by atoms with Gasteiger partial charge in [-0.15, -0.1) is 0 Å². The number of carbonyl (C=O) groups is 2. The summed E-state index contributed by atoms with van der Waals surface area (Å²) in [5, 5.41) is 0. The van der Waals surface area contributed by atoms with Crippen LogP contribution in [0.5, 0.6) is 11.5 Å². The van der Waals surface area contributed by atoms with Gasteiger partial charge in [0.1, 0.15) is 5.75 Å². The highest BCUT2D eigenvalue weighted by atomic mass is 79.9. The molecule has 3 rings (SSSR count). The van der Waals surface area contributed by atoms with Crippen LogP contribution in [-0.2, 0) is 9.59 Å². The summed E-state index contributed by atoms with van der Waals surface area (Å²) < 4.78 is 24.6. The minimum Gasteiger partial charge on any atom is -0.482 e. The molecule has 2 aromatic rings. The van der Waals surface area contributed by atoms with E-state index in [0.717, 1.165) is 0 Å². The summed E-state index contributed by atoms with van der Waals surface area (Å²) in [7, 11) is 0. The number of halogens is 2. The molecule has 0 saturated carbocycles. The number of hydrogen-bond acceptors (Lipinski definition) is 4. The monoisotopic (exact) mass is 393 g/mol. The van der Waals surface area contributed by atoms with Crippen LogP contribution in [0, 0.1) is 5.82 Å². The van der Waals surface area contributed by atoms with Gasteiger partial charge >= 0.3 is 5.97 Å². The van der Waals surface area contributed by atoms with Gasteiger partial charge in [-0.05, 0) is 30.3 Å². The summed E-state index contributed by atoms with van der Waals surface area (Å²) in [4.78, 5) is 25.4. The molecular formula is C17H13BrFNO4. The molecule has 0 fully saturated rings. The van der Waals surface area contributed by atoms with E-state index in [1.54, 1.807) is 30.3 Å². The van der Waals surface area contributed by atoms with Crippen molar-refractivity contribution in [3.8, 4) is 11.5 Å². The SMILES string of the molecule is O=C(CCN1C(=O)COc2ccccc21)Oc1ccc(Br)cc1F. The Hall–Kier alpha value is -2.41. The zero-order valence-corrected chi connectivity index (χ0v) is 14.1. The summed E-state index contributed by atoms with van der Waals surface area (Å²) in [6, 6.07) is 11.2. The molecule has 0 bridgehead atoms. The molecule has 1 heterocycles. The number of hydrogen-bond donors (Lipinski definition) is 0. The van der Waals surface area contributed by atoms with Gasteiger partial charge in [-0.1, -0.05) is 28.1 Å². The average molecular weight is 394 g/mol. The Labute approximate surface area is 146 Å². The van der Waals surface area contributed by atoms with Crippen molar-refractivity contribution in [1.29, 1.82) is 0 Å². The van der Waals surface area contributed by atoms with Gasteiger partial charge in [0.05, 0.1) is 12.1 Å². The van der Waals surface area contributed by atoms with Crippen molar-refractivity contribution in [2.24, 2.45) is 0 Å². The van der Waals surface area contributed by atoms with Gasteiger partial charge in [0.15, 0.2) is 18.2 Å². The lowest BCUT2D eigenvalue weighted by Gasteiger charge is -2.28. The average Bonchev–Trinajstić information content (AvgIpc) is 2.56. The van der Waals surface area contributed by atoms with Crippen LogP contribution in [0.25, 0.3) is 0 Å². The number of carbonyl (C=O) groups excluding carboxylic acids is 2. The molecule has 0 aliphatic carbocycles. The molecule has 0 radical (unpaired) electrons. The van der Waals surface area contributed by atoms with E-state index >= 15 is 0 Å². The number of rotatable bonds is 4. The van der Waals surface area contributed by atoms with Crippen molar-refractivity contribution in [1.82, 2.24) is 0 Å². The van der Waals surface area contributed by atoms with Crippen molar-refractivity contribution >= 4 is 33.5 Å². The minimum atomic E-state index is -0.634. The standard InChI is InChI=1S/C17H13BrFNO4/c18-11-5-6-14(12(19)9-11)24-17(22)7-8-20-13-3-1-2-4-15(13)23-10-16(20)21/h1-6,9H,7-8,10H2. The molecule has 1 aliphatic heterocycles. The summed E-state index contributed by atoms with van der Waals surface area (Å²) in [5.41, 5.74) is 0.608. The van der Waals surface area contributed by atoms with Gasteiger partial charge in [0.25, 0.3) is 5.91 Å². The molecule has 0 unspecified atom stereocenters. The van der Waals surface area contributed by atoms with Gasteiger partial charge < -0.3 is 14.4 Å². The van der Waals surface area contributed by atoms with E-state index in [-0.39, 0.29) is 31.2 Å². The first kappa shape index (κ1) is 16.4. The lowest BCUT2D eigenvalue weighted by molar-refractivity contribution is -0.134. The number of esters is 1. The smallest absolute Gasteiger partial charge is 0.313 e. The van der Waals surface area contributed by atoms with Crippen LogP contribution in [0.3, 0.4) is 0 Å². The molecule has 0 aromatic heterocycles. The maximum atomic E-state index is 13.7. The number of benzene rings is 2. The third-order valence-corrected chi connectivity index (χ3v) is 3.96. The first-order valence-corrected chi connectivity index (χ1v) is 8.02. The van der Waals surface area contributed by atoms with Crippen LogP contribution in [0.4, 0.5) is 10.1 Å². The second-order valence-corrected chi connectivity index (χ2v) is 6.02. The molecule has 1 aliphatic rings. The highest BCUT2D eigenvalue weighted by Gasteiger charge is 2.25. The fraction of sp³-hybridized carbons (Fsp3) is 0.176. The molecule has 0 spiro atoms. The van der Waals surface area contributed by atoms with E-state index in [0.29, 0.717) is 15.9 Å². The highest BCUT2D eigenvalue weighted by molar-refractivity contribution is 9.10. The highest BCUT2D eigenvalue weighted by Crippen LogP contribution is 2.31. The van der Waals surface area contributed by atoms with E-state index in [9.17, 15) is 14.0 Å². The van der Waals surface area contributed by atoms with Crippen molar-refractivity contribution in [3.05, 3.63) is 52.8 Å². The lowest BCUT2D eigenvalue weighted by atomic mass is 10.2. The lowest BCUT2D eigenvalue weighted by Crippen LogP contribution is -2.40. The molecular weight excluding hydrogens is 381 g/mol. The zero-order chi connectivity index (χ0) is 17.1. The Morgan fingerprint density at radius 2 is 2.08 bits per heavy atom. The number of para-hydroxylation sites is 2. The molecule has 2 aromatic carbocycles. The molecule has 24 heavy (non-hydrogen) atoms. The Balaban J connectivity index is 1.65. The van der Waals surface area contributed by atoms with E-state index in [2.05, 4.69) is 15.9 Å². The number of nitrogens with zero attached hydrogens (tertiary/aromatic N) is 1. The molecule has 5 nitrogen and oxygen atoms in total. The van der Waals surface area contributed by atoms with Crippen LogP contribution in [-0.4, -0.2) is 25.0 Å². The first-order chi connectivity index (χ1) is 11.5. The molecule has 7 heteroatoms. The van der Waals surface area contributed by atoms with E-state index in [1.165, 1.54) is 17.0 Å². The van der Waals surface area contributed by atoms with Crippen molar-refractivity contribution in [3.63, 3.8) is 0 Å². The second-order valence-electron chi connectivity index (χ2n) is 5.10. The Morgan fingerprint density at radius 1 is 1.29 bits per heavy atom. The van der Waals surface area contributed by atoms with E-state index in [4.69, 9.17) is 9.47 Å². The third-order valence-electron chi connectivity index (χ3n) is 3.47. The van der Waals surface area contributed by atoms with E-state index in [1.807, 2.05) is 0 Å². The normalized spacial score (nSPS) is 13.2. The number of amides is 1. The molecule has 1 amide bonds. The van der Waals surface area contributed by atoms with Crippen LogP contribution in [0.1, 0.15) is 6.42 Å². The van der Waals surface area contributed by atoms with Crippen LogP contribution in [0.2, 0.25) is 0 Å². The first-order valence-electron chi connectivity index (χ1n) is 7.22. The van der Waals surface area contributed by atoms with E-state index < -0.39 is 11.8 Å². The Bertz CT molecular complexity index is 796. The second kappa shape index (κ2) is 7.00. The molecule has 0 N–H and O–H groups in total. The Morgan fingerprint density at radius 3 is 2.88 bits per heavy atom. The number of fused-ring (bicyclic) bond motifs is 1. The zero-order valence-electron chi connectivity index (χ0n) is 12.5. The third kappa shape index (κ3) is 3.56. The maximum Gasteiger partial charge on any atom is 0.313 e. The van der Waals surface area contributed by atoms with Crippen LogP contribution in [0.15, 0.2) is 46.9 Å². The molecule has 0 atom stereocenters. The summed E-state index contributed by atoms with van der Waals surface area (Å²) in [6.45, 7) is 0.0591. The van der Waals surface area contributed by atoms with Crippen LogP contribution < -0.4 is 14.4 Å². The number of anilines is 1. The summed E-state index contributed by atoms with van der Waals surface area (Å²) in [5.74, 6) is -1.05. The quantitative estimate of drug-likeness (QED) is 0.590. The van der Waals surface area contributed by atoms with Crippen molar-refractivity contribution in [2.75, 3.05) is 18.1 Å². The van der Waals surface area contributed by atoms with Gasteiger partial charge in [-0.3, -0.25) is 9.59 Å². The van der Waals surface area contributed by atoms with Gasteiger partial charge in [-0.25, -0.2) is 4.39 Å². The Kier molecular flexibility index (Phi) is 4.80. The maximum absolute atomic E-state index is 13.7. The predicted octanol–water partition coefficient (Wildman–Crippen LogP) is 3.31. The predicted molar refractivity (Wildman–Crippen MR) is 88.6 cm³/mol. The molecule has 124 valence electrons.